The Morgan fingerprint density at radius 2 is 1.94 bits per heavy atom. The summed E-state index contributed by atoms with van der Waals surface area (Å²) < 4.78 is 0. The maximum atomic E-state index is 6.13. The summed E-state index contributed by atoms with van der Waals surface area (Å²) in [6.45, 7) is 9.04. The molecule has 2 aliphatic heterocycles. The Kier molecular flexibility index (Phi) is 4.08. The first kappa shape index (κ1) is 13.3. The zero-order chi connectivity index (χ0) is 12.5. The van der Waals surface area contributed by atoms with Crippen LogP contribution in [0.2, 0.25) is 0 Å². The van der Waals surface area contributed by atoms with Gasteiger partial charge in [0.15, 0.2) is 0 Å². The Bertz CT molecular complexity index is 246. The minimum Gasteiger partial charge on any atom is -0.329 e. The Morgan fingerprint density at radius 3 is 2.53 bits per heavy atom. The Hall–Kier alpha value is -0.160. The van der Waals surface area contributed by atoms with E-state index in [2.05, 4.69) is 35.7 Å². The second-order valence-corrected chi connectivity index (χ2v) is 6.04. The molecule has 100 valence electrons. The van der Waals surface area contributed by atoms with Crippen LogP contribution < -0.4 is 5.73 Å². The van der Waals surface area contributed by atoms with Gasteiger partial charge in [-0.1, -0.05) is 0 Å². The van der Waals surface area contributed by atoms with E-state index in [0.29, 0.717) is 6.04 Å². The highest BCUT2D eigenvalue weighted by molar-refractivity contribution is 5.02. The molecule has 0 aromatic heterocycles. The van der Waals surface area contributed by atoms with Gasteiger partial charge >= 0.3 is 0 Å². The molecule has 0 aromatic rings. The maximum Gasteiger partial charge on any atom is 0.0473 e. The predicted octanol–water partition coefficient (Wildman–Crippen LogP) is 0.0454. The molecule has 0 amide bonds. The first-order valence-corrected chi connectivity index (χ1v) is 6.91. The molecule has 0 aliphatic carbocycles. The maximum absolute atomic E-state index is 6.13. The number of nitrogens with two attached hydrogens (primary N) is 1. The largest absolute Gasteiger partial charge is 0.329 e. The lowest BCUT2D eigenvalue weighted by Gasteiger charge is -2.40. The molecule has 0 bridgehead atoms. The Morgan fingerprint density at radius 1 is 1.18 bits per heavy atom. The van der Waals surface area contributed by atoms with Gasteiger partial charge in [0.05, 0.1) is 0 Å². The second kappa shape index (κ2) is 5.22. The van der Waals surface area contributed by atoms with E-state index in [9.17, 15) is 0 Å². The van der Waals surface area contributed by atoms with E-state index in [1.165, 1.54) is 39.0 Å². The zero-order valence-corrected chi connectivity index (χ0v) is 11.7. The smallest absolute Gasteiger partial charge is 0.0473 e. The zero-order valence-electron chi connectivity index (χ0n) is 11.7. The van der Waals surface area contributed by atoms with Crippen LogP contribution in [-0.2, 0) is 0 Å². The monoisotopic (exact) mass is 240 g/mol. The third-order valence-corrected chi connectivity index (χ3v) is 4.74. The van der Waals surface area contributed by atoms with Gasteiger partial charge in [-0.2, -0.15) is 0 Å². The minimum atomic E-state index is 0.235. The summed E-state index contributed by atoms with van der Waals surface area (Å²) in [5, 5.41) is 0. The lowest BCUT2D eigenvalue weighted by atomic mass is 9.93. The number of rotatable bonds is 2. The van der Waals surface area contributed by atoms with Crippen LogP contribution >= 0.6 is 0 Å². The molecule has 2 rings (SSSR count). The van der Waals surface area contributed by atoms with Gasteiger partial charge in [-0.05, 0) is 40.4 Å². The van der Waals surface area contributed by atoms with Gasteiger partial charge in [0.1, 0.15) is 0 Å². The first-order valence-electron chi connectivity index (χ1n) is 6.91. The minimum absolute atomic E-state index is 0.235. The molecule has 2 aliphatic rings. The van der Waals surface area contributed by atoms with E-state index >= 15 is 0 Å². The fourth-order valence-electron chi connectivity index (χ4n) is 3.42. The quantitative estimate of drug-likeness (QED) is 0.740. The molecule has 0 radical (unpaired) electrons. The van der Waals surface area contributed by atoms with E-state index in [1.807, 2.05) is 0 Å². The van der Waals surface area contributed by atoms with Crippen LogP contribution in [0.25, 0.3) is 0 Å². The van der Waals surface area contributed by atoms with Crippen LogP contribution in [-0.4, -0.2) is 79.6 Å². The summed E-state index contributed by atoms with van der Waals surface area (Å²) in [5.74, 6) is 0. The van der Waals surface area contributed by atoms with E-state index in [0.717, 1.165) is 13.1 Å². The number of likely N-dealkylation sites (tertiary alicyclic amines) is 1. The Labute approximate surface area is 106 Å². The fourth-order valence-corrected chi connectivity index (χ4v) is 3.42. The van der Waals surface area contributed by atoms with Crippen LogP contribution in [0.15, 0.2) is 0 Å². The van der Waals surface area contributed by atoms with Crippen LogP contribution in [0.4, 0.5) is 0 Å². The van der Waals surface area contributed by atoms with Crippen molar-refractivity contribution in [3.05, 3.63) is 0 Å². The molecule has 2 fully saturated rings. The molecule has 4 heteroatoms. The molecular weight excluding hydrogens is 212 g/mol. The van der Waals surface area contributed by atoms with Crippen molar-refractivity contribution in [2.24, 2.45) is 5.73 Å². The van der Waals surface area contributed by atoms with Crippen molar-refractivity contribution in [1.82, 2.24) is 14.7 Å². The lowest BCUT2D eigenvalue weighted by molar-refractivity contribution is 0.106. The molecule has 2 atom stereocenters. The molecule has 2 heterocycles. The SMILES string of the molecule is CC1CC(CN)(N2CCCN(C)CC2)CN1C. The molecule has 0 spiro atoms. The third kappa shape index (κ3) is 2.65. The number of hydrogen-bond donors (Lipinski definition) is 1. The molecule has 2 saturated heterocycles. The van der Waals surface area contributed by atoms with E-state index in [1.54, 1.807) is 0 Å². The molecule has 2 unspecified atom stereocenters. The van der Waals surface area contributed by atoms with Crippen molar-refractivity contribution < 1.29 is 0 Å². The molecule has 0 saturated carbocycles. The summed E-state index contributed by atoms with van der Waals surface area (Å²) in [4.78, 5) is 7.56. The van der Waals surface area contributed by atoms with Gasteiger partial charge in [-0.3, -0.25) is 4.90 Å². The standard InChI is InChI=1S/C13H28N4/c1-12-9-13(10-14,11-16(12)3)17-6-4-5-15(2)7-8-17/h12H,4-11,14H2,1-3H3. The normalized spacial score (nSPS) is 38.5. The summed E-state index contributed by atoms with van der Waals surface area (Å²) in [5.41, 5.74) is 6.36. The van der Waals surface area contributed by atoms with Crippen LogP contribution in [0.1, 0.15) is 19.8 Å². The highest BCUT2D eigenvalue weighted by Gasteiger charge is 2.44. The number of hydrogen-bond acceptors (Lipinski definition) is 4. The van der Waals surface area contributed by atoms with Crippen molar-refractivity contribution in [1.29, 1.82) is 0 Å². The highest BCUT2D eigenvalue weighted by Crippen LogP contribution is 2.31. The average Bonchev–Trinajstić information content (AvgIpc) is 2.49. The first-order chi connectivity index (χ1) is 8.07. The van der Waals surface area contributed by atoms with Crippen LogP contribution in [0, 0.1) is 0 Å². The highest BCUT2D eigenvalue weighted by atomic mass is 15.3. The van der Waals surface area contributed by atoms with Crippen molar-refractivity contribution in [3.8, 4) is 0 Å². The third-order valence-electron chi connectivity index (χ3n) is 4.74. The second-order valence-electron chi connectivity index (χ2n) is 6.04. The fraction of sp³-hybridized carbons (Fsp3) is 1.00. The van der Waals surface area contributed by atoms with Gasteiger partial charge in [0.25, 0.3) is 0 Å². The van der Waals surface area contributed by atoms with E-state index in [-0.39, 0.29) is 5.54 Å². The van der Waals surface area contributed by atoms with Gasteiger partial charge in [0.2, 0.25) is 0 Å². The van der Waals surface area contributed by atoms with Gasteiger partial charge in [-0.25, -0.2) is 0 Å². The molecule has 0 aromatic carbocycles. The number of nitrogens with zero attached hydrogens (tertiary/aromatic N) is 3. The number of likely N-dealkylation sites (N-methyl/N-ethyl adjacent to an activating group) is 2. The summed E-state index contributed by atoms with van der Waals surface area (Å²) in [7, 11) is 4.45. The van der Waals surface area contributed by atoms with Gasteiger partial charge in [0, 0.05) is 44.3 Å². The van der Waals surface area contributed by atoms with Crippen LogP contribution in [0.5, 0.6) is 0 Å². The summed E-state index contributed by atoms with van der Waals surface area (Å²) in [6, 6.07) is 0.666. The molecule has 4 nitrogen and oxygen atoms in total. The van der Waals surface area contributed by atoms with Crippen molar-refractivity contribution >= 4 is 0 Å². The van der Waals surface area contributed by atoms with E-state index in [4.69, 9.17) is 5.73 Å². The van der Waals surface area contributed by atoms with Crippen molar-refractivity contribution in [3.63, 3.8) is 0 Å². The van der Waals surface area contributed by atoms with Gasteiger partial charge in [-0.15, -0.1) is 0 Å². The van der Waals surface area contributed by atoms with Crippen molar-refractivity contribution in [2.75, 3.05) is 53.4 Å². The summed E-state index contributed by atoms with van der Waals surface area (Å²) >= 11 is 0. The average molecular weight is 240 g/mol. The van der Waals surface area contributed by atoms with Gasteiger partial charge < -0.3 is 15.5 Å². The molecule has 2 N–H and O–H groups in total. The summed E-state index contributed by atoms with van der Waals surface area (Å²) in [6.07, 6.45) is 2.50. The Balaban J connectivity index is 2.07. The van der Waals surface area contributed by atoms with E-state index < -0.39 is 0 Å². The lowest BCUT2D eigenvalue weighted by Crippen LogP contribution is -2.56. The topological polar surface area (TPSA) is 35.7 Å². The van der Waals surface area contributed by atoms with Crippen molar-refractivity contribution in [2.45, 2.75) is 31.3 Å². The molecular formula is C13H28N4. The molecule has 17 heavy (non-hydrogen) atoms. The van der Waals surface area contributed by atoms with Crippen LogP contribution in [0.3, 0.4) is 0 Å². The predicted molar refractivity (Wildman–Crippen MR) is 72.2 cm³/mol.